The fraction of sp³-hybridized carbons (Fsp3) is 0.231. The predicted octanol–water partition coefficient (Wildman–Crippen LogP) is 2.28. The molecular formula is C13H11F3N2O3S. The molecule has 0 atom stereocenters. The van der Waals surface area contributed by atoms with Crippen molar-refractivity contribution < 1.29 is 26.3 Å². The highest BCUT2D eigenvalue weighted by atomic mass is 32.2. The maximum absolute atomic E-state index is 12.9. The molecule has 0 bridgehead atoms. The van der Waals surface area contributed by atoms with Crippen LogP contribution in [0.1, 0.15) is 11.5 Å². The van der Waals surface area contributed by atoms with Gasteiger partial charge in [0.25, 0.3) is 0 Å². The summed E-state index contributed by atoms with van der Waals surface area (Å²) < 4.78 is 65.0. The van der Waals surface area contributed by atoms with E-state index in [1.165, 1.54) is 19.2 Å². The molecular weight excluding hydrogens is 321 g/mol. The Bertz CT molecular complexity index is 735. The maximum atomic E-state index is 12.9. The van der Waals surface area contributed by atoms with Gasteiger partial charge in [-0.15, -0.1) is 0 Å². The number of nitrogens with zero attached hydrogens (tertiary/aromatic N) is 2. The molecule has 0 N–H and O–H groups in total. The molecule has 0 radical (unpaired) electrons. The molecule has 0 spiro atoms. The summed E-state index contributed by atoms with van der Waals surface area (Å²) in [5, 5.41) is 0. The lowest BCUT2D eigenvalue weighted by atomic mass is 10.1. The van der Waals surface area contributed by atoms with Crippen LogP contribution in [0.15, 0.2) is 30.3 Å². The Morgan fingerprint density at radius 3 is 2.27 bits per heavy atom. The molecule has 0 fully saturated rings. The minimum absolute atomic E-state index is 0.00294. The molecule has 22 heavy (non-hydrogen) atoms. The number of alkyl halides is 3. The molecule has 1 aromatic carbocycles. The van der Waals surface area contributed by atoms with E-state index in [2.05, 4.69) is 9.97 Å². The molecule has 0 unspecified atom stereocenters. The zero-order chi connectivity index (χ0) is 16.3. The number of hydrogen-bond donors (Lipinski definition) is 1. The van der Waals surface area contributed by atoms with Crippen molar-refractivity contribution in [3.8, 4) is 17.0 Å². The first kappa shape index (κ1) is 16.2. The Morgan fingerprint density at radius 1 is 1.14 bits per heavy atom. The Labute approximate surface area is 125 Å². The zero-order valence-corrected chi connectivity index (χ0v) is 12.2. The highest BCUT2D eigenvalue weighted by Crippen LogP contribution is 2.30. The summed E-state index contributed by atoms with van der Waals surface area (Å²) in [4.78, 5) is 7.14. The van der Waals surface area contributed by atoms with Gasteiger partial charge in [-0.25, -0.2) is 18.4 Å². The third-order valence-electron chi connectivity index (χ3n) is 2.72. The number of rotatable bonds is 4. The van der Waals surface area contributed by atoms with E-state index in [4.69, 9.17) is 4.74 Å². The number of thiol groups is 1. The van der Waals surface area contributed by atoms with E-state index in [-0.39, 0.29) is 5.69 Å². The normalized spacial score (nSPS) is 11.7. The molecule has 2 aromatic rings. The molecule has 118 valence electrons. The average Bonchev–Trinajstić information content (AvgIpc) is 2.45. The Hall–Kier alpha value is -2.16. The molecule has 0 amide bonds. The lowest BCUT2D eigenvalue weighted by molar-refractivity contribution is -0.141. The van der Waals surface area contributed by atoms with Crippen LogP contribution in [0.4, 0.5) is 13.2 Å². The maximum Gasteiger partial charge on any atom is 0.433 e. The van der Waals surface area contributed by atoms with E-state index in [1.807, 2.05) is 0 Å². The van der Waals surface area contributed by atoms with Crippen LogP contribution in [0, 0.1) is 0 Å². The number of halogens is 3. The summed E-state index contributed by atoms with van der Waals surface area (Å²) in [7, 11) is -1.46. The van der Waals surface area contributed by atoms with Gasteiger partial charge >= 0.3 is 6.18 Å². The number of ether oxygens (including phenoxy) is 1. The Morgan fingerprint density at radius 2 is 1.77 bits per heavy atom. The third kappa shape index (κ3) is 3.94. The molecule has 0 aliphatic carbocycles. The van der Waals surface area contributed by atoms with Crippen molar-refractivity contribution in [1.82, 2.24) is 9.97 Å². The van der Waals surface area contributed by atoms with E-state index < -0.39 is 34.2 Å². The van der Waals surface area contributed by atoms with Crippen LogP contribution in [0.2, 0.25) is 0 Å². The van der Waals surface area contributed by atoms with Crippen LogP contribution in [0.5, 0.6) is 5.75 Å². The van der Waals surface area contributed by atoms with Gasteiger partial charge in [-0.3, -0.25) is 0 Å². The van der Waals surface area contributed by atoms with E-state index in [0.29, 0.717) is 11.3 Å². The zero-order valence-electron chi connectivity index (χ0n) is 11.3. The van der Waals surface area contributed by atoms with E-state index in [9.17, 15) is 21.6 Å². The second-order valence-electron chi connectivity index (χ2n) is 4.27. The third-order valence-corrected chi connectivity index (χ3v) is 3.26. The first-order valence-electron chi connectivity index (χ1n) is 6.01. The minimum atomic E-state index is -4.69. The summed E-state index contributed by atoms with van der Waals surface area (Å²) in [6, 6.07) is 6.98. The number of hydrogen-bond acceptors (Lipinski definition) is 5. The Kier molecular flexibility index (Phi) is 4.65. The number of methoxy groups -OCH3 is 1. The largest absolute Gasteiger partial charge is 0.497 e. The van der Waals surface area contributed by atoms with Crippen molar-refractivity contribution in [1.29, 1.82) is 0 Å². The van der Waals surface area contributed by atoms with Crippen LogP contribution >= 0.6 is 0 Å². The first-order valence-corrected chi connectivity index (χ1v) is 7.37. The molecule has 1 heterocycles. The molecule has 0 aliphatic heterocycles. The summed E-state index contributed by atoms with van der Waals surface area (Å²) in [5.74, 6) is -0.504. The lowest BCUT2D eigenvalue weighted by Crippen LogP contribution is -2.12. The minimum Gasteiger partial charge on any atom is -0.497 e. The molecule has 2 rings (SSSR count). The second-order valence-corrected chi connectivity index (χ2v) is 5.25. The highest BCUT2D eigenvalue weighted by Gasteiger charge is 2.33. The second kappa shape index (κ2) is 6.30. The SMILES string of the molecule is COc1ccc(-c2cc(C(F)(F)F)nc(C[SH](=O)=O)n2)cc1. The first-order chi connectivity index (χ1) is 10.3. The molecule has 0 aliphatic rings. The van der Waals surface area contributed by atoms with Gasteiger partial charge in [0.15, 0.2) is 0 Å². The van der Waals surface area contributed by atoms with Gasteiger partial charge in [0.1, 0.15) is 33.7 Å². The van der Waals surface area contributed by atoms with Gasteiger partial charge in [0.05, 0.1) is 12.8 Å². The van der Waals surface area contributed by atoms with Crippen molar-refractivity contribution in [2.75, 3.05) is 7.11 Å². The molecule has 5 nitrogen and oxygen atoms in total. The topological polar surface area (TPSA) is 69.2 Å². The van der Waals surface area contributed by atoms with Gasteiger partial charge in [-0.1, -0.05) is 0 Å². The Balaban J connectivity index is 2.53. The fourth-order valence-corrected chi connectivity index (χ4v) is 2.11. The van der Waals surface area contributed by atoms with Crippen LogP contribution < -0.4 is 4.74 Å². The summed E-state index contributed by atoms with van der Waals surface area (Å²) in [5.41, 5.74) is -0.784. The molecule has 9 heteroatoms. The predicted molar refractivity (Wildman–Crippen MR) is 73.0 cm³/mol. The van der Waals surface area contributed by atoms with Crippen molar-refractivity contribution in [2.45, 2.75) is 11.9 Å². The van der Waals surface area contributed by atoms with Crippen molar-refractivity contribution >= 4 is 10.7 Å². The van der Waals surface area contributed by atoms with Crippen molar-refractivity contribution in [3.63, 3.8) is 0 Å². The lowest BCUT2D eigenvalue weighted by Gasteiger charge is -2.10. The van der Waals surface area contributed by atoms with Gasteiger partial charge in [0.2, 0.25) is 0 Å². The monoisotopic (exact) mass is 332 g/mol. The highest BCUT2D eigenvalue weighted by molar-refractivity contribution is 7.71. The van der Waals surface area contributed by atoms with E-state index in [0.717, 1.165) is 6.07 Å². The average molecular weight is 332 g/mol. The van der Waals surface area contributed by atoms with E-state index in [1.54, 1.807) is 12.1 Å². The smallest absolute Gasteiger partial charge is 0.433 e. The number of aromatic nitrogens is 2. The standard InChI is InChI=1S/C13H11F3N2O3S/c1-21-9-4-2-8(3-5-9)10-6-11(13(14,15)16)18-12(17-10)7-22(19)20/h2-6,22H,7H2,1H3. The van der Waals surface area contributed by atoms with Gasteiger partial charge in [0, 0.05) is 5.56 Å². The summed E-state index contributed by atoms with van der Waals surface area (Å²) in [6.07, 6.45) is -4.69. The number of benzene rings is 1. The molecule has 0 saturated carbocycles. The van der Waals surface area contributed by atoms with Crippen LogP contribution in [-0.2, 0) is 22.6 Å². The molecule has 0 saturated heterocycles. The van der Waals surface area contributed by atoms with Crippen molar-refractivity contribution in [2.24, 2.45) is 0 Å². The fourth-order valence-electron chi connectivity index (χ4n) is 1.74. The van der Waals surface area contributed by atoms with Crippen LogP contribution in [0.25, 0.3) is 11.3 Å². The quantitative estimate of drug-likeness (QED) is 0.870. The van der Waals surface area contributed by atoms with E-state index >= 15 is 0 Å². The molecule has 1 aromatic heterocycles. The summed E-state index contributed by atoms with van der Waals surface area (Å²) in [6.45, 7) is 0. The van der Waals surface area contributed by atoms with Gasteiger partial charge in [-0.05, 0) is 30.3 Å². The van der Waals surface area contributed by atoms with Gasteiger partial charge < -0.3 is 4.74 Å². The van der Waals surface area contributed by atoms with Gasteiger partial charge in [-0.2, -0.15) is 13.2 Å². The summed E-state index contributed by atoms with van der Waals surface area (Å²) >= 11 is 0. The van der Waals surface area contributed by atoms with Crippen molar-refractivity contribution in [3.05, 3.63) is 41.9 Å². The van der Waals surface area contributed by atoms with Crippen LogP contribution in [-0.4, -0.2) is 25.5 Å². The van der Waals surface area contributed by atoms with Crippen LogP contribution in [0.3, 0.4) is 0 Å².